The first-order valence-electron chi connectivity index (χ1n) is 5.82. The normalized spacial score (nSPS) is 10.7. The number of carboxylic acids is 1. The molecule has 0 aliphatic heterocycles. The van der Waals surface area contributed by atoms with Crippen molar-refractivity contribution in [1.29, 1.82) is 0 Å². The topological polar surface area (TPSA) is 72.3 Å². The molecule has 5 nitrogen and oxygen atoms in total. The Bertz CT molecular complexity index is 564. The number of nitrogens with zero attached hydrogens (tertiary/aromatic N) is 2. The molecule has 0 aliphatic carbocycles. The highest BCUT2D eigenvalue weighted by Gasteiger charge is 2.07. The highest BCUT2D eigenvalue weighted by atomic mass is 32.1. The van der Waals surface area contributed by atoms with Gasteiger partial charge in [0.25, 0.3) is 0 Å². The number of pyridine rings is 1. The van der Waals surface area contributed by atoms with Crippen LogP contribution in [0.3, 0.4) is 0 Å². The molecule has 0 bridgehead atoms. The molecule has 0 saturated carbocycles. The molecule has 100 valence electrons. The third kappa shape index (κ3) is 3.51. The maximum Gasteiger partial charge on any atom is 0.354 e. The van der Waals surface area contributed by atoms with Gasteiger partial charge < -0.3 is 9.84 Å². The molecule has 0 atom stereocenters. The van der Waals surface area contributed by atoms with Crippen molar-refractivity contribution in [1.82, 2.24) is 9.97 Å². The van der Waals surface area contributed by atoms with E-state index >= 15 is 0 Å². The average Bonchev–Trinajstić information content (AvgIpc) is 2.86. The summed E-state index contributed by atoms with van der Waals surface area (Å²) in [5, 5.41) is 11.8. The molecule has 2 aromatic rings. The minimum absolute atomic E-state index is 0.00287. The third-order valence-electron chi connectivity index (χ3n) is 2.41. The zero-order valence-electron chi connectivity index (χ0n) is 10.7. The van der Waals surface area contributed by atoms with Gasteiger partial charge in [-0.2, -0.15) is 0 Å². The van der Waals surface area contributed by atoms with Gasteiger partial charge in [-0.15, -0.1) is 11.3 Å². The summed E-state index contributed by atoms with van der Waals surface area (Å²) in [5.74, 6) is -0.105. The van der Waals surface area contributed by atoms with Gasteiger partial charge in [0.05, 0.1) is 16.9 Å². The van der Waals surface area contributed by atoms with Crippen molar-refractivity contribution in [2.75, 3.05) is 0 Å². The van der Waals surface area contributed by atoms with E-state index in [0.29, 0.717) is 18.3 Å². The zero-order valence-corrected chi connectivity index (χ0v) is 11.5. The summed E-state index contributed by atoms with van der Waals surface area (Å²) in [6, 6.07) is 3.00. The van der Waals surface area contributed by atoms with Crippen LogP contribution in [0, 0.1) is 0 Å². The number of carboxylic acid groups (broad SMARTS) is 1. The molecule has 0 unspecified atom stereocenters. The van der Waals surface area contributed by atoms with Crippen LogP contribution in [-0.2, 0) is 6.61 Å². The van der Waals surface area contributed by atoms with Crippen molar-refractivity contribution < 1.29 is 14.6 Å². The number of carbonyl (C=O) groups is 1. The van der Waals surface area contributed by atoms with Crippen molar-refractivity contribution in [2.24, 2.45) is 0 Å². The van der Waals surface area contributed by atoms with Gasteiger partial charge in [0.1, 0.15) is 18.1 Å². The highest BCUT2D eigenvalue weighted by molar-refractivity contribution is 7.09. The summed E-state index contributed by atoms with van der Waals surface area (Å²) in [5.41, 5.74) is 0.874. The van der Waals surface area contributed by atoms with Gasteiger partial charge >= 0.3 is 5.97 Å². The number of thiazole rings is 1. The smallest absolute Gasteiger partial charge is 0.354 e. The Morgan fingerprint density at radius 3 is 2.79 bits per heavy atom. The van der Waals surface area contributed by atoms with Crippen LogP contribution >= 0.6 is 11.3 Å². The van der Waals surface area contributed by atoms with Gasteiger partial charge in [-0.05, 0) is 12.1 Å². The lowest BCUT2D eigenvalue weighted by molar-refractivity contribution is 0.0690. The molecule has 1 N–H and O–H groups in total. The Kier molecular flexibility index (Phi) is 4.11. The summed E-state index contributed by atoms with van der Waals surface area (Å²) in [6.45, 7) is 4.55. The monoisotopic (exact) mass is 278 g/mol. The summed E-state index contributed by atoms with van der Waals surface area (Å²) in [6.07, 6.45) is 1.40. The number of hydrogen-bond donors (Lipinski definition) is 1. The van der Waals surface area contributed by atoms with E-state index in [1.807, 2.05) is 5.38 Å². The number of ether oxygens (including phenoxy) is 1. The Morgan fingerprint density at radius 1 is 1.47 bits per heavy atom. The van der Waals surface area contributed by atoms with Crippen molar-refractivity contribution in [3.8, 4) is 5.75 Å². The molecule has 0 aromatic carbocycles. The van der Waals surface area contributed by atoms with Crippen molar-refractivity contribution >= 4 is 17.3 Å². The molecular weight excluding hydrogens is 264 g/mol. The van der Waals surface area contributed by atoms with Crippen LogP contribution < -0.4 is 4.74 Å². The van der Waals surface area contributed by atoms with E-state index in [-0.39, 0.29) is 5.69 Å². The first-order valence-corrected chi connectivity index (χ1v) is 6.70. The first-order chi connectivity index (χ1) is 9.06. The lowest BCUT2D eigenvalue weighted by Gasteiger charge is -2.03. The maximum absolute atomic E-state index is 10.6. The molecule has 0 radical (unpaired) electrons. The van der Waals surface area contributed by atoms with Gasteiger partial charge in [-0.25, -0.2) is 14.8 Å². The molecule has 2 rings (SSSR count). The van der Waals surface area contributed by atoms with Gasteiger partial charge in [0, 0.05) is 11.3 Å². The second kappa shape index (κ2) is 5.79. The fourth-order valence-corrected chi connectivity index (χ4v) is 2.22. The molecule has 6 heteroatoms. The largest absolute Gasteiger partial charge is 0.486 e. The van der Waals surface area contributed by atoms with Gasteiger partial charge in [-0.3, -0.25) is 0 Å². The molecule has 0 spiro atoms. The third-order valence-corrected chi connectivity index (χ3v) is 3.60. The van der Waals surface area contributed by atoms with E-state index in [2.05, 4.69) is 23.8 Å². The van der Waals surface area contributed by atoms with Crippen LogP contribution in [0.25, 0.3) is 0 Å². The fourth-order valence-electron chi connectivity index (χ4n) is 1.40. The minimum atomic E-state index is -1.05. The van der Waals surface area contributed by atoms with Crippen LogP contribution in [0.2, 0.25) is 0 Å². The summed E-state index contributed by atoms with van der Waals surface area (Å²) >= 11 is 1.61. The number of aromatic nitrogens is 2. The highest BCUT2D eigenvalue weighted by Crippen LogP contribution is 2.20. The maximum atomic E-state index is 10.6. The Hall–Kier alpha value is -1.95. The first kappa shape index (κ1) is 13.5. The van der Waals surface area contributed by atoms with Crippen molar-refractivity contribution in [2.45, 2.75) is 26.4 Å². The molecule has 2 aromatic heterocycles. The molecule has 0 amide bonds. The second-order valence-corrected chi connectivity index (χ2v) is 5.19. The summed E-state index contributed by atoms with van der Waals surface area (Å²) in [7, 11) is 0. The standard InChI is InChI=1S/C13H14N2O3S/c1-8(2)12-15-9(7-19-12)6-18-10-3-4-11(13(16)17)14-5-10/h3-5,7-8H,6H2,1-2H3,(H,16,17). The van der Waals surface area contributed by atoms with Crippen LogP contribution in [0.15, 0.2) is 23.7 Å². The SMILES string of the molecule is CC(C)c1nc(COc2ccc(C(=O)O)nc2)cs1. The Morgan fingerprint density at radius 2 is 2.26 bits per heavy atom. The van der Waals surface area contributed by atoms with E-state index < -0.39 is 5.97 Å². The predicted molar refractivity (Wildman–Crippen MR) is 71.7 cm³/mol. The van der Waals surface area contributed by atoms with E-state index in [4.69, 9.17) is 9.84 Å². The lowest BCUT2D eigenvalue weighted by Crippen LogP contribution is -2.01. The van der Waals surface area contributed by atoms with E-state index in [9.17, 15) is 4.79 Å². The second-order valence-electron chi connectivity index (χ2n) is 4.30. The molecule has 19 heavy (non-hydrogen) atoms. The van der Waals surface area contributed by atoms with E-state index in [1.54, 1.807) is 17.4 Å². The van der Waals surface area contributed by atoms with Crippen LogP contribution in [0.5, 0.6) is 5.75 Å². The molecule has 0 aliphatic rings. The number of hydrogen-bond acceptors (Lipinski definition) is 5. The van der Waals surface area contributed by atoms with E-state index in [1.165, 1.54) is 12.3 Å². The van der Waals surface area contributed by atoms with Crippen molar-refractivity contribution in [3.63, 3.8) is 0 Å². The van der Waals surface area contributed by atoms with Crippen molar-refractivity contribution in [3.05, 3.63) is 40.1 Å². The Balaban J connectivity index is 1.96. The molecule has 2 heterocycles. The van der Waals surface area contributed by atoms with Gasteiger partial charge in [0.15, 0.2) is 0 Å². The van der Waals surface area contributed by atoms with Crippen LogP contribution in [0.4, 0.5) is 0 Å². The number of rotatable bonds is 5. The summed E-state index contributed by atoms with van der Waals surface area (Å²) < 4.78 is 5.51. The molecule has 0 fully saturated rings. The molecule has 0 saturated heterocycles. The van der Waals surface area contributed by atoms with E-state index in [0.717, 1.165) is 10.7 Å². The lowest BCUT2D eigenvalue weighted by atomic mass is 10.2. The molecular formula is C13H14N2O3S. The fraction of sp³-hybridized carbons (Fsp3) is 0.308. The summed E-state index contributed by atoms with van der Waals surface area (Å²) in [4.78, 5) is 18.9. The zero-order chi connectivity index (χ0) is 13.8. The van der Waals surface area contributed by atoms with Gasteiger partial charge in [0.2, 0.25) is 0 Å². The average molecular weight is 278 g/mol. The predicted octanol–water partition coefficient (Wildman–Crippen LogP) is 2.94. The minimum Gasteiger partial charge on any atom is -0.486 e. The van der Waals surface area contributed by atoms with Crippen LogP contribution in [-0.4, -0.2) is 21.0 Å². The van der Waals surface area contributed by atoms with Crippen LogP contribution in [0.1, 0.15) is 41.0 Å². The Labute approximate surface area is 114 Å². The number of aromatic carboxylic acids is 1. The quantitative estimate of drug-likeness (QED) is 0.910. The van der Waals surface area contributed by atoms with Gasteiger partial charge in [-0.1, -0.05) is 13.8 Å².